The summed E-state index contributed by atoms with van der Waals surface area (Å²) in [6.45, 7) is 2.16. The molecule has 0 radical (unpaired) electrons. The molecule has 1 heterocycles. The minimum absolute atomic E-state index is 0.190. The van der Waals surface area contributed by atoms with Crippen LogP contribution in [0.5, 0.6) is 11.5 Å². The largest absolute Gasteiger partial charge is 0.462 e. The highest BCUT2D eigenvalue weighted by molar-refractivity contribution is 5.97. The van der Waals surface area contributed by atoms with E-state index in [2.05, 4.69) is 6.07 Å². The fourth-order valence-electron chi connectivity index (χ4n) is 3.22. The van der Waals surface area contributed by atoms with Crippen LogP contribution in [0.3, 0.4) is 0 Å². The van der Waals surface area contributed by atoms with Crippen LogP contribution in [0.15, 0.2) is 60.7 Å². The van der Waals surface area contributed by atoms with Crippen LogP contribution in [0.2, 0.25) is 0 Å². The molecule has 0 bridgehead atoms. The highest BCUT2D eigenvalue weighted by Gasteiger charge is 2.21. The zero-order valence-electron chi connectivity index (χ0n) is 15.3. The number of rotatable bonds is 4. The van der Waals surface area contributed by atoms with E-state index < -0.39 is 5.97 Å². The van der Waals surface area contributed by atoms with Crippen molar-refractivity contribution < 1.29 is 19.0 Å². The van der Waals surface area contributed by atoms with Gasteiger partial charge in [-0.05, 0) is 47.9 Å². The topological polar surface area (TPSA) is 68.6 Å². The Morgan fingerprint density at radius 2 is 1.79 bits per heavy atom. The Labute approximate surface area is 162 Å². The first-order valence-electron chi connectivity index (χ1n) is 8.92. The number of fused-ring (bicyclic) bond motifs is 1. The Kier molecular flexibility index (Phi) is 4.69. The number of nitriles is 1. The number of nitrogens with zero attached hydrogens (tertiary/aromatic N) is 1. The lowest BCUT2D eigenvalue weighted by Gasteiger charge is -2.13. The minimum atomic E-state index is -0.515. The fourth-order valence-corrected chi connectivity index (χ4v) is 3.22. The van der Waals surface area contributed by atoms with Gasteiger partial charge in [0.15, 0.2) is 11.5 Å². The number of carbonyl (C=O) groups is 1. The number of hydrogen-bond acceptors (Lipinski definition) is 5. The zero-order chi connectivity index (χ0) is 19.5. The molecule has 4 rings (SSSR count). The average Bonchev–Trinajstić information content (AvgIpc) is 3.21. The monoisotopic (exact) mass is 371 g/mol. The van der Waals surface area contributed by atoms with Gasteiger partial charge in [-0.1, -0.05) is 36.4 Å². The molecule has 0 unspecified atom stereocenters. The molecule has 1 aliphatic heterocycles. The molecule has 0 aliphatic carbocycles. The first-order chi connectivity index (χ1) is 13.7. The maximum absolute atomic E-state index is 12.6. The van der Waals surface area contributed by atoms with E-state index >= 15 is 0 Å². The molecule has 3 aromatic rings. The van der Waals surface area contributed by atoms with Crippen molar-refractivity contribution in [1.82, 2.24) is 0 Å². The molecule has 0 N–H and O–H groups in total. The summed E-state index contributed by atoms with van der Waals surface area (Å²) in [5.41, 5.74) is 3.73. The normalized spacial score (nSPS) is 11.7. The van der Waals surface area contributed by atoms with Crippen LogP contribution in [-0.4, -0.2) is 19.4 Å². The van der Waals surface area contributed by atoms with Crippen LogP contribution in [0.25, 0.3) is 22.3 Å². The molecule has 0 saturated heterocycles. The third kappa shape index (κ3) is 3.17. The first kappa shape index (κ1) is 17.6. The molecule has 5 nitrogen and oxygen atoms in total. The summed E-state index contributed by atoms with van der Waals surface area (Å²) in [5, 5.41) is 9.77. The van der Waals surface area contributed by atoms with Crippen molar-refractivity contribution in [1.29, 1.82) is 5.26 Å². The van der Waals surface area contributed by atoms with Crippen LogP contribution >= 0.6 is 0 Å². The Balaban J connectivity index is 1.93. The molecule has 28 heavy (non-hydrogen) atoms. The van der Waals surface area contributed by atoms with Crippen molar-refractivity contribution >= 4 is 5.97 Å². The molecule has 5 heteroatoms. The molecule has 1 aliphatic rings. The van der Waals surface area contributed by atoms with Crippen molar-refractivity contribution in [2.24, 2.45) is 0 Å². The predicted octanol–water partition coefficient (Wildman–Crippen LogP) is 4.80. The Morgan fingerprint density at radius 1 is 1.00 bits per heavy atom. The van der Waals surface area contributed by atoms with Gasteiger partial charge in [-0.3, -0.25) is 0 Å². The predicted molar refractivity (Wildman–Crippen MR) is 104 cm³/mol. The van der Waals surface area contributed by atoms with E-state index in [4.69, 9.17) is 14.2 Å². The Hall–Kier alpha value is -3.78. The second kappa shape index (κ2) is 7.45. The minimum Gasteiger partial charge on any atom is -0.462 e. The average molecular weight is 371 g/mol. The Morgan fingerprint density at radius 3 is 2.54 bits per heavy atom. The lowest BCUT2D eigenvalue weighted by Crippen LogP contribution is -2.08. The third-order valence-electron chi connectivity index (χ3n) is 4.54. The SMILES string of the molecule is CCOC(=O)c1cc(-c2ccc3c(c2)OCO3)cc(-c2ccccc2)c1C#N. The Bertz CT molecular complexity index is 1080. The molecular formula is C23H17NO4. The van der Waals surface area contributed by atoms with Gasteiger partial charge in [0.1, 0.15) is 6.07 Å². The van der Waals surface area contributed by atoms with Crippen LogP contribution in [0, 0.1) is 11.3 Å². The van der Waals surface area contributed by atoms with Gasteiger partial charge < -0.3 is 14.2 Å². The van der Waals surface area contributed by atoms with Crippen molar-refractivity contribution in [3.63, 3.8) is 0 Å². The highest BCUT2D eigenvalue weighted by Crippen LogP contribution is 2.38. The van der Waals surface area contributed by atoms with Gasteiger partial charge in [-0.2, -0.15) is 5.26 Å². The van der Waals surface area contributed by atoms with Gasteiger partial charge in [0.2, 0.25) is 6.79 Å². The zero-order valence-corrected chi connectivity index (χ0v) is 15.3. The van der Waals surface area contributed by atoms with Crippen molar-refractivity contribution in [2.75, 3.05) is 13.4 Å². The van der Waals surface area contributed by atoms with E-state index in [1.54, 1.807) is 13.0 Å². The van der Waals surface area contributed by atoms with Gasteiger partial charge in [-0.25, -0.2) is 4.79 Å². The number of hydrogen-bond donors (Lipinski definition) is 0. The molecule has 0 fully saturated rings. The van der Waals surface area contributed by atoms with Crippen LogP contribution in [0.4, 0.5) is 0 Å². The van der Waals surface area contributed by atoms with Gasteiger partial charge in [-0.15, -0.1) is 0 Å². The molecule has 3 aromatic carbocycles. The van der Waals surface area contributed by atoms with E-state index in [1.807, 2.05) is 54.6 Å². The molecule has 0 saturated carbocycles. The van der Waals surface area contributed by atoms with Crippen LogP contribution in [-0.2, 0) is 4.74 Å². The second-order valence-electron chi connectivity index (χ2n) is 6.21. The summed E-state index contributed by atoms with van der Waals surface area (Å²) >= 11 is 0. The quantitative estimate of drug-likeness (QED) is 0.616. The lowest BCUT2D eigenvalue weighted by molar-refractivity contribution is 0.0526. The summed E-state index contributed by atoms with van der Waals surface area (Å²) < 4.78 is 16.0. The summed E-state index contributed by atoms with van der Waals surface area (Å²) in [6.07, 6.45) is 0. The fraction of sp³-hybridized carbons (Fsp3) is 0.130. The van der Waals surface area contributed by atoms with Gasteiger partial charge in [0, 0.05) is 5.56 Å². The van der Waals surface area contributed by atoms with Crippen molar-refractivity contribution in [3.05, 3.63) is 71.8 Å². The van der Waals surface area contributed by atoms with E-state index in [1.165, 1.54) is 0 Å². The molecule has 0 spiro atoms. The van der Waals surface area contributed by atoms with E-state index in [9.17, 15) is 10.1 Å². The van der Waals surface area contributed by atoms with Crippen LogP contribution < -0.4 is 9.47 Å². The summed E-state index contributed by atoms with van der Waals surface area (Å²) in [4.78, 5) is 12.6. The van der Waals surface area contributed by atoms with E-state index in [0.29, 0.717) is 22.6 Å². The maximum atomic E-state index is 12.6. The smallest absolute Gasteiger partial charge is 0.339 e. The lowest BCUT2D eigenvalue weighted by atomic mass is 9.91. The van der Waals surface area contributed by atoms with Gasteiger partial charge in [0.25, 0.3) is 0 Å². The van der Waals surface area contributed by atoms with E-state index in [0.717, 1.165) is 16.7 Å². The van der Waals surface area contributed by atoms with Crippen molar-refractivity contribution in [3.8, 4) is 39.8 Å². The van der Waals surface area contributed by atoms with Crippen molar-refractivity contribution in [2.45, 2.75) is 6.92 Å². The molecular weight excluding hydrogens is 354 g/mol. The summed E-state index contributed by atoms with van der Waals surface area (Å²) in [7, 11) is 0. The number of carbonyl (C=O) groups excluding carboxylic acids is 1. The first-order valence-corrected chi connectivity index (χ1v) is 8.92. The highest BCUT2D eigenvalue weighted by atomic mass is 16.7. The van der Waals surface area contributed by atoms with Crippen LogP contribution in [0.1, 0.15) is 22.8 Å². The maximum Gasteiger partial charge on any atom is 0.339 e. The summed E-state index contributed by atoms with van der Waals surface area (Å²) in [5.74, 6) is 0.825. The third-order valence-corrected chi connectivity index (χ3v) is 4.54. The van der Waals surface area contributed by atoms with E-state index in [-0.39, 0.29) is 19.0 Å². The number of ether oxygens (including phenoxy) is 3. The summed E-state index contributed by atoms with van der Waals surface area (Å²) in [6, 6.07) is 20.9. The second-order valence-corrected chi connectivity index (χ2v) is 6.21. The molecule has 0 atom stereocenters. The van der Waals surface area contributed by atoms with Gasteiger partial charge in [0.05, 0.1) is 17.7 Å². The van der Waals surface area contributed by atoms with Gasteiger partial charge >= 0.3 is 5.97 Å². The molecule has 138 valence electrons. The number of esters is 1. The molecule has 0 amide bonds. The standard InChI is InChI=1S/C23H17NO4/c1-2-26-23(25)19-11-17(16-8-9-21-22(12-16)28-14-27-21)10-18(20(19)13-24)15-6-4-3-5-7-15/h3-12H,2,14H2,1H3. The number of benzene rings is 3. The molecule has 0 aromatic heterocycles.